The summed E-state index contributed by atoms with van der Waals surface area (Å²) in [6, 6.07) is 9.29. The number of phenolic OH excluding ortho intramolecular Hbond substituents is 1. The number of benzene rings is 2. The van der Waals surface area contributed by atoms with Gasteiger partial charge in [0, 0.05) is 6.08 Å². The molecular weight excluding hydrogens is 504 g/mol. The minimum atomic E-state index is -1.64. The molecule has 1 aliphatic heterocycles. The predicted molar refractivity (Wildman–Crippen MR) is 131 cm³/mol. The largest absolute Gasteiger partial charge is 0.502 e. The Bertz CT molecular complexity index is 1100. The molecule has 12 nitrogen and oxygen atoms in total. The van der Waals surface area contributed by atoms with Crippen LogP contribution in [0.15, 0.2) is 42.5 Å². The average Bonchev–Trinajstić information content (AvgIpc) is 2.92. The van der Waals surface area contributed by atoms with Crippen LogP contribution < -0.4 is 14.2 Å². The molecule has 12 heteroatoms. The highest BCUT2D eigenvalue weighted by molar-refractivity contribution is 5.87. The molecule has 0 amide bonds. The highest BCUT2D eigenvalue weighted by Gasteiger charge is 2.45. The van der Waals surface area contributed by atoms with Gasteiger partial charge in [-0.05, 0) is 41.5 Å². The van der Waals surface area contributed by atoms with Gasteiger partial charge in [-0.15, -0.1) is 0 Å². The SMILES string of the molecule is COC(=O)Cc1ccc(O[C@@H]2O[C@H](COC(=O)/C=C/c3cc(OC)c(O)c(OC)c3)[C@@H](O)[C@H](O)[C@H]2O)cc1. The lowest BCUT2D eigenvalue weighted by Crippen LogP contribution is -2.60. The maximum absolute atomic E-state index is 12.3. The summed E-state index contributed by atoms with van der Waals surface area (Å²) in [7, 11) is 4.03. The van der Waals surface area contributed by atoms with Gasteiger partial charge in [0.25, 0.3) is 0 Å². The van der Waals surface area contributed by atoms with E-state index in [9.17, 15) is 30.0 Å². The zero-order chi connectivity index (χ0) is 27.8. The maximum Gasteiger partial charge on any atom is 0.330 e. The second-order valence-corrected chi connectivity index (χ2v) is 8.27. The number of esters is 2. The fourth-order valence-electron chi connectivity index (χ4n) is 3.60. The number of hydrogen-bond acceptors (Lipinski definition) is 12. The van der Waals surface area contributed by atoms with Crippen LogP contribution in [0.2, 0.25) is 0 Å². The van der Waals surface area contributed by atoms with Crippen LogP contribution in [0, 0.1) is 0 Å². The Balaban J connectivity index is 1.60. The topological polar surface area (TPSA) is 170 Å². The van der Waals surface area contributed by atoms with E-state index in [0.717, 1.165) is 6.08 Å². The number of aromatic hydroxyl groups is 1. The van der Waals surface area contributed by atoms with Gasteiger partial charge < -0.3 is 48.8 Å². The molecular formula is C26H30O12. The molecule has 0 aliphatic carbocycles. The summed E-state index contributed by atoms with van der Waals surface area (Å²) in [6.07, 6.45) is -4.79. The minimum absolute atomic E-state index is 0.0694. The Morgan fingerprint density at radius 2 is 1.58 bits per heavy atom. The van der Waals surface area contributed by atoms with Gasteiger partial charge >= 0.3 is 11.9 Å². The first-order valence-electron chi connectivity index (χ1n) is 11.5. The molecule has 206 valence electrons. The van der Waals surface area contributed by atoms with Gasteiger partial charge in [0.2, 0.25) is 12.0 Å². The molecule has 2 aromatic carbocycles. The summed E-state index contributed by atoms with van der Waals surface area (Å²) in [5, 5.41) is 40.9. The number of aliphatic hydroxyl groups excluding tert-OH is 3. The molecule has 0 bridgehead atoms. The monoisotopic (exact) mass is 534 g/mol. The van der Waals surface area contributed by atoms with Crippen LogP contribution in [0.3, 0.4) is 0 Å². The standard InChI is InChI=1S/C26H30O12/c1-33-17-10-15(11-18(34-2)22(17)29)6-9-20(27)36-13-19-23(30)24(31)25(32)26(38-19)37-16-7-4-14(5-8-16)12-21(28)35-3/h4-11,19,23-26,29-32H,12-13H2,1-3H3/b9-6+/t19-,23-,24+,25-,26-/m1/s1. The van der Waals surface area contributed by atoms with E-state index in [0.29, 0.717) is 11.1 Å². The van der Waals surface area contributed by atoms with Crippen LogP contribution in [0.4, 0.5) is 0 Å². The molecule has 0 radical (unpaired) electrons. The van der Waals surface area contributed by atoms with E-state index in [4.69, 9.17) is 23.7 Å². The lowest BCUT2D eigenvalue weighted by Gasteiger charge is -2.39. The Hall–Kier alpha value is -3.84. The number of carbonyl (C=O) groups excluding carboxylic acids is 2. The first-order chi connectivity index (χ1) is 18.2. The molecule has 0 spiro atoms. The smallest absolute Gasteiger partial charge is 0.330 e. The molecule has 1 saturated heterocycles. The molecule has 4 N–H and O–H groups in total. The quantitative estimate of drug-likeness (QED) is 0.247. The zero-order valence-corrected chi connectivity index (χ0v) is 21.0. The van der Waals surface area contributed by atoms with E-state index < -0.39 is 49.3 Å². The first-order valence-corrected chi connectivity index (χ1v) is 11.5. The fraction of sp³-hybridized carbons (Fsp3) is 0.385. The Kier molecular flexibility index (Phi) is 9.91. The maximum atomic E-state index is 12.3. The van der Waals surface area contributed by atoms with Crippen molar-refractivity contribution in [2.45, 2.75) is 37.1 Å². The summed E-state index contributed by atoms with van der Waals surface area (Å²) in [4.78, 5) is 23.7. The summed E-state index contributed by atoms with van der Waals surface area (Å²) < 4.78 is 31.1. The Morgan fingerprint density at radius 1 is 0.947 bits per heavy atom. The fourth-order valence-corrected chi connectivity index (χ4v) is 3.60. The number of methoxy groups -OCH3 is 3. The van der Waals surface area contributed by atoms with Crippen LogP contribution in [-0.2, 0) is 30.2 Å². The van der Waals surface area contributed by atoms with E-state index >= 15 is 0 Å². The highest BCUT2D eigenvalue weighted by Crippen LogP contribution is 2.37. The van der Waals surface area contributed by atoms with Gasteiger partial charge in [0.15, 0.2) is 11.5 Å². The Labute approximate surface area is 218 Å². The van der Waals surface area contributed by atoms with E-state index in [1.165, 1.54) is 39.5 Å². The summed E-state index contributed by atoms with van der Waals surface area (Å²) >= 11 is 0. The normalized spacial score (nSPS) is 23.1. The van der Waals surface area contributed by atoms with E-state index in [1.54, 1.807) is 24.3 Å². The first kappa shape index (κ1) is 28.7. The van der Waals surface area contributed by atoms with Crippen molar-refractivity contribution in [2.75, 3.05) is 27.9 Å². The molecule has 1 heterocycles. The van der Waals surface area contributed by atoms with Gasteiger partial charge in [0.1, 0.15) is 36.8 Å². The summed E-state index contributed by atoms with van der Waals surface area (Å²) in [5.74, 6) is -0.819. The molecule has 3 rings (SSSR count). The van der Waals surface area contributed by atoms with E-state index in [1.807, 2.05) is 0 Å². The van der Waals surface area contributed by atoms with E-state index in [-0.39, 0.29) is 29.4 Å². The number of ether oxygens (including phenoxy) is 6. The molecule has 1 fully saturated rings. The van der Waals surface area contributed by atoms with Gasteiger partial charge in [-0.3, -0.25) is 4.79 Å². The Morgan fingerprint density at radius 3 is 2.16 bits per heavy atom. The molecule has 0 saturated carbocycles. The number of rotatable bonds is 10. The van der Waals surface area contributed by atoms with Crippen LogP contribution in [-0.4, -0.2) is 91.0 Å². The van der Waals surface area contributed by atoms with Crippen molar-refractivity contribution < 1.29 is 58.4 Å². The summed E-state index contributed by atoms with van der Waals surface area (Å²) in [6.45, 7) is -0.450. The number of hydrogen-bond donors (Lipinski definition) is 4. The van der Waals surface area contributed by atoms with Gasteiger partial charge in [-0.25, -0.2) is 4.79 Å². The zero-order valence-electron chi connectivity index (χ0n) is 21.0. The predicted octanol–water partition coefficient (Wildman–Crippen LogP) is 0.568. The lowest BCUT2D eigenvalue weighted by atomic mass is 9.99. The molecule has 1 aliphatic rings. The molecule has 2 aromatic rings. The van der Waals surface area contributed by atoms with Crippen molar-refractivity contribution in [1.29, 1.82) is 0 Å². The van der Waals surface area contributed by atoms with Crippen LogP contribution in [0.25, 0.3) is 6.08 Å². The number of phenols is 1. The second kappa shape index (κ2) is 13.1. The third-order valence-electron chi connectivity index (χ3n) is 5.72. The van der Waals surface area contributed by atoms with Crippen LogP contribution in [0.1, 0.15) is 11.1 Å². The van der Waals surface area contributed by atoms with Gasteiger partial charge in [-0.1, -0.05) is 12.1 Å². The average molecular weight is 535 g/mol. The number of carbonyl (C=O) groups is 2. The van der Waals surface area contributed by atoms with Crippen molar-refractivity contribution in [2.24, 2.45) is 0 Å². The number of aliphatic hydroxyl groups is 3. The lowest BCUT2D eigenvalue weighted by molar-refractivity contribution is -0.278. The van der Waals surface area contributed by atoms with Crippen LogP contribution in [0.5, 0.6) is 23.0 Å². The van der Waals surface area contributed by atoms with Crippen molar-refractivity contribution in [3.63, 3.8) is 0 Å². The molecule has 0 aromatic heterocycles. The molecule has 38 heavy (non-hydrogen) atoms. The third kappa shape index (κ3) is 7.13. The van der Waals surface area contributed by atoms with Crippen molar-refractivity contribution in [3.05, 3.63) is 53.6 Å². The van der Waals surface area contributed by atoms with Gasteiger partial charge in [-0.2, -0.15) is 0 Å². The highest BCUT2D eigenvalue weighted by atomic mass is 16.7. The van der Waals surface area contributed by atoms with Crippen molar-refractivity contribution in [1.82, 2.24) is 0 Å². The minimum Gasteiger partial charge on any atom is -0.502 e. The van der Waals surface area contributed by atoms with Gasteiger partial charge in [0.05, 0.1) is 27.8 Å². The van der Waals surface area contributed by atoms with Crippen LogP contribution >= 0.6 is 0 Å². The van der Waals surface area contributed by atoms with E-state index in [2.05, 4.69) is 4.74 Å². The van der Waals surface area contributed by atoms with Crippen molar-refractivity contribution in [3.8, 4) is 23.0 Å². The second-order valence-electron chi connectivity index (χ2n) is 8.27. The third-order valence-corrected chi connectivity index (χ3v) is 5.72. The van der Waals surface area contributed by atoms with Crippen molar-refractivity contribution >= 4 is 18.0 Å². The molecule has 5 atom stereocenters. The molecule has 0 unspecified atom stereocenters. The summed E-state index contributed by atoms with van der Waals surface area (Å²) in [5.41, 5.74) is 1.15.